The van der Waals surface area contributed by atoms with Crippen molar-refractivity contribution in [1.82, 2.24) is 5.32 Å². The highest BCUT2D eigenvalue weighted by Crippen LogP contribution is 2.18. The van der Waals surface area contributed by atoms with Crippen LogP contribution in [0.1, 0.15) is 341 Å². The molecule has 65 heavy (non-hydrogen) atoms. The van der Waals surface area contributed by atoms with Gasteiger partial charge in [0.1, 0.15) is 0 Å². The fourth-order valence-corrected chi connectivity index (χ4v) is 9.63. The first-order valence-electron chi connectivity index (χ1n) is 30.0. The van der Waals surface area contributed by atoms with E-state index in [2.05, 4.69) is 43.5 Å². The smallest absolute Gasteiger partial charge is 0.220 e. The van der Waals surface area contributed by atoms with Crippen molar-refractivity contribution in [2.24, 2.45) is 0 Å². The molecule has 0 saturated heterocycles. The largest absolute Gasteiger partial charge is 0.394 e. The second-order valence-corrected chi connectivity index (χ2v) is 20.8. The summed E-state index contributed by atoms with van der Waals surface area (Å²) in [6.45, 7) is 4.38. The molecule has 4 heteroatoms. The normalized spacial score (nSPS) is 12.9. The van der Waals surface area contributed by atoms with Gasteiger partial charge in [-0.3, -0.25) is 4.79 Å². The van der Waals surface area contributed by atoms with E-state index in [1.807, 2.05) is 0 Å². The van der Waals surface area contributed by atoms with E-state index < -0.39 is 12.1 Å². The van der Waals surface area contributed by atoms with E-state index in [1.165, 1.54) is 283 Å². The third-order valence-electron chi connectivity index (χ3n) is 14.2. The van der Waals surface area contributed by atoms with Gasteiger partial charge in [-0.15, -0.1) is 0 Å². The Kier molecular flexibility index (Phi) is 56.2. The molecule has 0 heterocycles. The van der Waals surface area contributed by atoms with Gasteiger partial charge in [-0.25, -0.2) is 0 Å². The molecular weight excluding hydrogens is 795 g/mol. The van der Waals surface area contributed by atoms with E-state index >= 15 is 0 Å². The van der Waals surface area contributed by atoms with Gasteiger partial charge in [0.15, 0.2) is 0 Å². The van der Waals surface area contributed by atoms with Crippen molar-refractivity contribution >= 4 is 5.91 Å². The maximum absolute atomic E-state index is 12.5. The summed E-state index contributed by atoms with van der Waals surface area (Å²) < 4.78 is 0. The molecule has 0 aromatic carbocycles. The van der Waals surface area contributed by atoms with Crippen LogP contribution in [0.2, 0.25) is 0 Å². The summed E-state index contributed by atoms with van der Waals surface area (Å²) in [5, 5.41) is 23.3. The van der Waals surface area contributed by atoms with Gasteiger partial charge in [-0.05, 0) is 44.9 Å². The number of aliphatic hydroxyl groups is 2. The van der Waals surface area contributed by atoms with Crippen molar-refractivity contribution < 1.29 is 15.0 Å². The summed E-state index contributed by atoms with van der Waals surface area (Å²) in [4.78, 5) is 12.5. The van der Waals surface area contributed by atoms with Crippen LogP contribution < -0.4 is 5.32 Å². The Morgan fingerprint density at radius 3 is 0.923 bits per heavy atom. The quantitative estimate of drug-likeness (QED) is 0.0421. The van der Waals surface area contributed by atoms with E-state index in [0.29, 0.717) is 12.8 Å². The summed E-state index contributed by atoms with van der Waals surface area (Å²) in [5.74, 6) is -0.0237. The standard InChI is InChI=1S/C61H119NO3/c1-3-5-7-9-11-13-15-17-19-21-23-24-25-26-27-28-29-30-31-32-33-34-35-36-37-38-39-41-43-45-47-49-51-53-55-57-61(65)62-59(58-63)60(64)56-54-52-50-48-46-44-42-40-22-20-18-16-14-12-10-8-6-4-2/h15,17,21,23,59-60,63-64H,3-14,16,18-20,22,24-58H2,1-2H3,(H,62,65)/b17-15-,23-21-. The number of rotatable bonds is 56. The minimum absolute atomic E-state index is 0.0237. The van der Waals surface area contributed by atoms with Gasteiger partial charge in [-0.1, -0.05) is 314 Å². The minimum atomic E-state index is -0.657. The number of amides is 1. The first kappa shape index (κ1) is 63.9. The summed E-state index contributed by atoms with van der Waals surface area (Å²) in [7, 11) is 0. The molecule has 3 N–H and O–H groups in total. The van der Waals surface area contributed by atoms with Gasteiger partial charge >= 0.3 is 0 Å². The number of carbonyl (C=O) groups excluding carboxylic acids is 1. The molecule has 0 fully saturated rings. The summed E-state index contributed by atoms with van der Waals surface area (Å²) in [6.07, 6.45) is 76.2. The van der Waals surface area contributed by atoms with E-state index in [4.69, 9.17) is 0 Å². The van der Waals surface area contributed by atoms with Crippen LogP contribution in [-0.2, 0) is 4.79 Å². The number of unbranched alkanes of at least 4 members (excludes halogenated alkanes) is 45. The highest BCUT2D eigenvalue weighted by molar-refractivity contribution is 5.76. The van der Waals surface area contributed by atoms with Gasteiger partial charge in [0.05, 0.1) is 18.8 Å². The lowest BCUT2D eigenvalue weighted by Gasteiger charge is -2.22. The average molecular weight is 915 g/mol. The van der Waals surface area contributed by atoms with Crippen molar-refractivity contribution in [3.63, 3.8) is 0 Å². The molecule has 0 radical (unpaired) electrons. The highest BCUT2D eigenvalue weighted by Gasteiger charge is 2.20. The highest BCUT2D eigenvalue weighted by atomic mass is 16.3. The lowest BCUT2D eigenvalue weighted by atomic mass is 10.0. The molecule has 386 valence electrons. The van der Waals surface area contributed by atoms with Crippen LogP contribution in [0.4, 0.5) is 0 Å². The first-order chi connectivity index (χ1) is 32.2. The van der Waals surface area contributed by atoms with Gasteiger partial charge in [-0.2, -0.15) is 0 Å². The van der Waals surface area contributed by atoms with Crippen LogP contribution in [0.5, 0.6) is 0 Å². The Hall–Kier alpha value is -1.13. The minimum Gasteiger partial charge on any atom is -0.394 e. The predicted octanol–water partition coefficient (Wildman–Crippen LogP) is 19.9. The number of aliphatic hydroxyl groups excluding tert-OH is 2. The van der Waals surface area contributed by atoms with Gasteiger partial charge in [0.2, 0.25) is 5.91 Å². The molecular formula is C61H119NO3. The van der Waals surface area contributed by atoms with E-state index in [-0.39, 0.29) is 12.5 Å². The fraction of sp³-hybridized carbons (Fsp3) is 0.918. The Labute approximate surface area is 409 Å². The molecule has 0 aliphatic heterocycles. The van der Waals surface area contributed by atoms with Crippen LogP contribution in [-0.4, -0.2) is 34.9 Å². The fourth-order valence-electron chi connectivity index (χ4n) is 9.63. The maximum Gasteiger partial charge on any atom is 0.220 e. The molecule has 0 aliphatic carbocycles. The SMILES string of the molecule is CCCCCCC/C=C\C/C=C\CCCCCCCCCCCCCCCCCCCCCCCCCC(=O)NC(CO)C(O)CCCCCCCCCCCCCCCCCCCC. The topological polar surface area (TPSA) is 69.6 Å². The number of nitrogens with one attached hydrogen (secondary N) is 1. The Morgan fingerprint density at radius 2 is 0.631 bits per heavy atom. The van der Waals surface area contributed by atoms with Crippen molar-refractivity contribution in [3.05, 3.63) is 24.3 Å². The molecule has 0 bridgehead atoms. The zero-order valence-electron chi connectivity index (χ0n) is 44.5. The first-order valence-corrected chi connectivity index (χ1v) is 30.0. The molecule has 0 spiro atoms. The van der Waals surface area contributed by atoms with Crippen molar-refractivity contribution in [3.8, 4) is 0 Å². The van der Waals surface area contributed by atoms with E-state index in [0.717, 1.165) is 32.1 Å². The zero-order chi connectivity index (χ0) is 47.0. The van der Waals surface area contributed by atoms with Crippen LogP contribution in [0.15, 0.2) is 24.3 Å². The van der Waals surface area contributed by atoms with Crippen molar-refractivity contribution in [1.29, 1.82) is 0 Å². The monoisotopic (exact) mass is 914 g/mol. The molecule has 0 aliphatic rings. The Bertz CT molecular complexity index is 947. The van der Waals surface area contributed by atoms with Crippen LogP contribution in [0.3, 0.4) is 0 Å². The van der Waals surface area contributed by atoms with Crippen LogP contribution >= 0.6 is 0 Å². The maximum atomic E-state index is 12.5. The van der Waals surface area contributed by atoms with Crippen LogP contribution in [0.25, 0.3) is 0 Å². The zero-order valence-corrected chi connectivity index (χ0v) is 44.5. The molecule has 0 saturated carbocycles. The predicted molar refractivity (Wildman–Crippen MR) is 290 cm³/mol. The summed E-state index contributed by atoms with van der Waals surface area (Å²) >= 11 is 0. The van der Waals surface area contributed by atoms with E-state index in [9.17, 15) is 15.0 Å². The lowest BCUT2D eigenvalue weighted by Crippen LogP contribution is -2.45. The molecule has 4 nitrogen and oxygen atoms in total. The van der Waals surface area contributed by atoms with Gasteiger partial charge in [0.25, 0.3) is 0 Å². The van der Waals surface area contributed by atoms with Crippen molar-refractivity contribution in [2.45, 2.75) is 353 Å². The third-order valence-corrected chi connectivity index (χ3v) is 14.2. The summed E-state index contributed by atoms with van der Waals surface area (Å²) in [6, 6.07) is -0.533. The number of carbonyl (C=O) groups is 1. The molecule has 0 aromatic rings. The molecule has 2 unspecified atom stereocenters. The molecule has 2 atom stereocenters. The lowest BCUT2D eigenvalue weighted by molar-refractivity contribution is -0.123. The van der Waals surface area contributed by atoms with Gasteiger partial charge < -0.3 is 15.5 Å². The number of hydrogen-bond donors (Lipinski definition) is 3. The number of hydrogen-bond acceptors (Lipinski definition) is 3. The van der Waals surface area contributed by atoms with Gasteiger partial charge in [0, 0.05) is 6.42 Å². The van der Waals surface area contributed by atoms with Crippen molar-refractivity contribution in [2.75, 3.05) is 6.61 Å². The molecule has 0 rings (SSSR count). The van der Waals surface area contributed by atoms with Crippen LogP contribution in [0, 0.1) is 0 Å². The Morgan fingerprint density at radius 1 is 0.369 bits per heavy atom. The third kappa shape index (κ3) is 53.7. The average Bonchev–Trinajstić information content (AvgIpc) is 3.31. The summed E-state index contributed by atoms with van der Waals surface area (Å²) in [5.41, 5.74) is 0. The Balaban J connectivity index is 3.38. The second kappa shape index (κ2) is 57.2. The number of allylic oxidation sites excluding steroid dienone is 4. The second-order valence-electron chi connectivity index (χ2n) is 20.8. The molecule has 0 aromatic heterocycles. The molecule has 1 amide bonds. The van der Waals surface area contributed by atoms with E-state index in [1.54, 1.807) is 0 Å².